The van der Waals surface area contributed by atoms with Crippen molar-refractivity contribution in [2.75, 3.05) is 14.2 Å². The number of rotatable bonds is 4. The Morgan fingerprint density at radius 2 is 2.06 bits per heavy atom. The van der Waals surface area contributed by atoms with E-state index in [9.17, 15) is 0 Å². The van der Waals surface area contributed by atoms with E-state index in [2.05, 4.69) is 11.7 Å². The number of hydrogen-bond acceptors (Lipinski definition) is 3. The van der Waals surface area contributed by atoms with Crippen LogP contribution in [-0.2, 0) is 16.4 Å². The van der Waals surface area contributed by atoms with Crippen LogP contribution >= 0.6 is 0 Å². The van der Waals surface area contributed by atoms with Crippen molar-refractivity contribution in [1.82, 2.24) is 4.57 Å². The molecular weight excluding hydrogens is 203 g/mol. The Kier molecular flexibility index (Phi) is 4.52. The highest BCUT2D eigenvalue weighted by molar-refractivity contribution is 6.61. The van der Waals surface area contributed by atoms with Gasteiger partial charge in [-0.25, -0.2) is 0 Å². The van der Waals surface area contributed by atoms with Gasteiger partial charge >= 0.3 is 7.12 Å². The molecule has 0 radical (unpaired) electrons. The zero-order valence-corrected chi connectivity index (χ0v) is 10.2. The van der Waals surface area contributed by atoms with Crippen LogP contribution in [0.1, 0.15) is 6.92 Å². The first-order valence-corrected chi connectivity index (χ1v) is 5.02. The molecule has 0 unspecified atom stereocenters. The van der Waals surface area contributed by atoms with Gasteiger partial charge in [-0.15, -0.1) is 0 Å². The van der Waals surface area contributed by atoms with Gasteiger partial charge in [-0.3, -0.25) is 4.99 Å². The standard InChI is InChI=1S/C11H17BN2O2/c1-6-9-10(12(15-4)16-5)8-14(3)11(9)7-13-2/h6-8H,2H2,1,3-5H3/b9-6-,11-7+. The molecule has 0 aromatic carbocycles. The van der Waals surface area contributed by atoms with Gasteiger partial charge in [0.05, 0.1) is 11.5 Å². The Bertz CT molecular complexity index is 475. The highest BCUT2D eigenvalue weighted by Crippen LogP contribution is 1.84. The molecule has 4 nitrogen and oxygen atoms in total. The zero-order chi connectivity index (χ0) is 12.1. The molecule has 86 valence electrons. The van der Waals surface area contributed by atoms with Crippen molar-refractivity contribution in [2.45, 2.75) is 6.92 Å². The van der Waals surface area contributed by atoms with Crippen LogP contribution in [0.25, 0.3) is 12.3 Å². The van der Waals surface area contributed by atoms with E-state index in [4.69, 9.17) is 9.31 Å². The lowest BCUT2D eigenvalue weighted by molar-refractivity contribution is 0.291. The number of aromatic nitrogens is 1. The van der Waals surface area contributed by atoms with Crippen LogP contribution in [0.15, 0.2) is 11.2 Å². The van der Waals surface area contributed by atoms with Crippen LogP contribution in [0.3, 0.4) is 0 Å². The number of nitrogens with zero attached hydrogens (tertiary/aromatic N) is 2. The lowest BCUT2D eigenvalue weighted by Gasteiger charge is -2.05. The molecule has 0 aliphatic heterocycles. The van der Waals surface area contributed by atoms with Crippen molar-refractivity contribution in [3.05, 3.63) is 16.8 Å². The van der Waals surface area contributed by atoms with Gasteiger partial charge in [0.1, 0.15) is 0 Å². The zero-order valence-electron chi connectivity index (χ0n) is 10.2. The molecule has 1 aromatic heterocycles. The molecule has 0 saturated heterocycles. The van der Waals surface area contributed by atoms with Gasteiger partial charge in [-0.05, 0) is 18.9 Å². The van der Waals surface area contributed by atoms with Crippen LogP contribution in [0.4, 0.5) is 0 Å². The second-order valence-electron chi connectivity index (χ2n) is 3.40. The fourth-order valence-corrected chi connectivity index (χ4v) is 1.79. The quantitative estimate of drug-likeness (QED) is 0.494. The molecular formula is C11H17BN2O2. The van der Waals surface area contributed by atoms with E-state index in [0.717, 1.165) is 16.0 Å². The number of hydrogen-bond donors (Lipinski definition) is 0. The topological polar surface area (TPSA) is 35.8 Å². The Morgan fingerprint density at radius 3 is 2.50 bits per heavy atom. The summed E-state index contributed by atoms with van der Waals surface area (Å²) in [5.41, 5.74) is 0.991. The second-order valence-corrected chi connectivity index (χ2v) is 3.40. The van der Waals surface area contributed by atoms with E-state index in [1.807, 2.05) is 30.8 Å². The highest BCUT2D eigenvalue weighted by atomic mass is 16.6. The monoisotopic (exact) mass is 220 g/mol. The predicted molar refractivity (Wildman–Crippen MR) is 68.2 cm³/mol. The van der Waals surface area contributed by atoms with E-state index < -0.39 is 0 Å². The molecule has 16 heavy (non-hydrogen) atoms. The summed E-state index contributed by atoms with van der Waals surface area (Å²) in [5, 5.41) is 2.05. The van der Waals surface area contributed by atoms with E-state index in [1.54, 1.807) is 20.4 Å². The summed E-state index contributed by atoms with van der Waals surface area (Å²) in [6.07, 6.45) is 5.71. The molecule has 0 fully saturated rings. The van der Waals surface area contributed by atoms with Crippen molar-refractivity contribution in [2.24, 2.45) is 12.0 Å². The average molecular weight is 220 g/mol. The second kappa shape index (κ2) is 5.68. The van der Waals surface area contributed by atoms with Gasteiger partial charge in [0.2, 0.25) is 0 Å². The predicted octanol–water partition coefficient (Wildman–Crippen LogP) is -0.748. The summed E-state index contributed by atoms with van der Waals surface area (Å²) < 4.78 is 12.5. The van der Waals surface area contributed by atoms with Gasteiger partial charge in [0.15, 0.2) is 0 Å². The summed E-state index contributed by atoms with van der Waals surface area (Å²) in [6, 6.07) is 0. The molecule has 0 spiro atoms. The SMILES string of the molecule is C=N/C=c1\c(=C/C)c(B(OC)OC)cn1C. The van der Waals surface area contributed by atoms with Gasteiger partial charge < -0.3 is 13.9 Å². The fourth-order valence-electron chi connectivity index (χ4n) is 1.79. The summed E-state index contributed by atoms with van der Waals surface area (Å²) in [5.74, 6) is 0. The molecule has 0 amide bonds. The van der Waals surface area contributed by atoms with Gasteiger partial charge in [-0.2, -0.15) is 0 Å². The van der Waals surface area contributed by atoms with E-state index in [0.29, 0.717) is 0 Å². The Balaban J connectivity index is 3.50. The maximum absolute atomic E-state index is 5.26. The number of aliphatic imine (C=N–C) groups is 1. The Morgan fingerprint density at radius 1 is 1.44 bits per heavy atom. The largest absolute Gasteiger partial charge is 0.495 e. The highest BCUT2D eigenvalue weighted by Gasteiger charge is 2.21. The summed E-state index contributed by atoms with van der Waals surface area (Å²) in [6.45, 7) is 5.45. The Hall–Kier alpha value is -1.33. The van der Waals surface area contributed by atoms with E-state index in [-0.39, 0.29) is 7.12 Å². The first-order chi connectivity index (χ1) is 7.69. The minimum absolute atomic E-state index is 0.357. The summed E-state index contributed by atoms with van der Waals surface area (Å²) >= 11 is 0. The van der Waals surface area contributed by atoms with E-state index >= 15 is 0 Å². The third kappa shape index (κ3) is 2.26. The molecule has 1 heterocycles. The van der Waals surface area contributed by atoms with E-state index in [1.165, 1.54) is 0 Å². The lowest BCUT2D eigenvalue weighted by Crippen LogP contribution is -2.46. The van der Waals surface area contributed by atoms with Gasteiger partial charge in [0, 0.05) is 32.9 Å². The maximum Gasteiger partial charge on any atom is 0.495 e. The summed E-state index contributed by atoms with van der Waals surface area (Å²) in [4.78, 5) is 3.80. The molecule has 0 N–H and O–H groups in total. The van der Waals surface area contributed by atoms with Crippen molar-refractivity contribution in [3.8, 4) is 0 Å². The molecule has 1 aromatic rings. The maximum atomic E-state index is 5.26. The van der Waals surface area contributed by atoms with Crippen molar-refractivity contribution in [1.29, 1.82) is 0 Å². The van der Waals surface area contributed by atoms with Crippen LogP contribution in [-0.4, -0.2) is 32.6 Å². The first-order valence-electron chi connectivity index (χ1n) is 5.02. The molecule has 0 aliphatic rings. The molecule has 0 bridgehead atoms. The minimum Gasteiger partial charge on any atom is -0.410 e. The fraction of sp³-hybridized carbons (Fsp3) is 0.364. The lowest BCUT2D eigenvalue weighted by atomic mass is 9.80. The van der Waals surface area contributed by atoms with Crippen molar-refractivity contribution in [3.63, 3.8) is 0 Å². The smallest absolute Gasteiger partial charge is 0.410 e. The third-order valence-electron chi connectivity index (χ3n) is 2.48. The van der Waals surface area contributed by atoms with Gasteiger partial charge in [0.25, 0.3) is 0 Å². The minimum atomic E-state index is -0.357. The first kappa shape index (κ1) is 12.7. The molecule has 0 aliphatic carbocycles. The van der Waals surface area contributed by atoms with Crippen LogP contribution in [0, 0.1) is 0 Å². The molecule has 0 saturated carbocycles. The molecule has 5 heteroatoms. The Labute approximate surface area is 96.0 Å². The van der Waals surface area contributed by atoms with Crippen LogP contribution in [0.2, 0.25) is 0 Å². The van der Waals surface area contributed by atoms with Crippen molar-refractivity contribution >= 4 is 31.6 Å². The normalized spacial score (nSPS) is 13.2. The van der Waals surface area contributed by atoms with Crippen molar-refractivity contribution < 1.29 is 9.31 Å². The van der Waals surface area contributed by atoms with Crippen LogP contribution < -0.4 is 16.0 Å². The third-order valence-corrected chi connectivity index (χ3v) is 2.48. The van der Waals surface area contributed by atoms with Gasteiger partial charge in [-0.1, -0.05) is 6.08 Å². The molecule has 1 rings (SSSR count). The molecule has 0 atom stereocenters. The average Bonchev–Trinajstić information content (AvgIpc) is 2.58. The van der Waals surface area contributed by atoms with Crippen LogP contribution in [0.5, 0.6) is 0 Å². The number of aryl methyl sites for hydroxylation is 1. The summed E-state index contributed by atoms with van der Waals surface area (Å²) in [7, 11) is 4.84.